The van der Waals surface area contributed by atoms with Gasteiger partial charge in [-0.2, -0.15) is 4.31 Å². The molecule has 0 aliphatic carbocycles. The summed E-state index contributed by atoms with van der Waals surface area (Å²) in [6.45, 7) is 1.72. The van der Waals surface area contributed by atoms with Gasteiger partial charge in [0.25, 0.3) is 11.2 Å². The molecule has 30 heavy (non-hydrogen) atoms. The average molecular weight is 435 g/mol. The van der Waals surface area contributed by atoms with Crippen molar-refractivity contribution < 1.29 is 18.1 Å². The molecule has 0 spiro atoms. The molecule has 12 heteroatoms. The van der Waals surface area contributed by atoms with Crippen LogP contribution in [-0.2, 0) is 21.4 Å². The Balaban J connectivity index is 1.67. The Morgan fingerprint density at radius 1 is 1.10 bits per heavy atom. The maximum atomic E-state index is 12.7. The van der Waals surface area contributed by atoms with Crippen LogP contribution >= 0.6 is 0 Å². The molecule has 0 atom stereocenters. The Bertz CT molecular complexity index is 1100. The van der Waals surface area contributed by atoms with E-state index in [1.165, 1.54) is 28.6 Å². The number of piperazine rings is 1. The molecule has 1 aromatic heterocycles. The first-order valence-electron chi connectivity index (χ1n) is 9.10. The molecule has 0 radical (unpaired) electrons. The maximum Gasteiger partial charge on any atom is 0.285 e. The molecule has 0 unspecified atom stereocenters. The number of hydrogen-bond acceptors (Lipinski definition) is 7. The van der Waals surface area contributed by atoms with Gasteiger partial charge in [-0.15, -0.1) is 0 Å². The van der Waals surface area contributed by atoms with Crippen molar-refractivity contribution in [3.05, 3.63) is 63.1 Å². The van der Waals surface area contributed by atoms with Gasteiger partial charge in [0.15, 0.2) is 0 Å². The summed E-state index contributed by atoms with van der Waals surface area (Å²) in [5, 5.41) is 13.4. The summed E-state index contributed by atoms with van der Waals surface area (Å²) in [7, 11) is -1.68. The molecule has 1 amide bonds. The number of nitro groups is 1. The first-order chi connectivity index (χ1) is 14.2. The van der Waals surface area contributed by atoms with Crippen LogP contribution in [0.25, 0.3) is 0 Å². The van der Waals surface area contributed by atoms with E-state index in [4.69, 9.17) is 0 Å². The summed E-state index contributed by atoms with van der Waals surface area (Å²) in [6.07, 6.45) is 0.994. The lowest BCUT2D eigenvalue weighted by Gasteiger charge is -2.31. The lowest BCUT2D eigenvalue weighted by molar-refractivity contribution is -0.385. The molecular weight excluding hydrogens is 414 g/mol. The summed E-state index contributed by atoms with van der Waals surface area (Å²) in [5.41, 5.74) is -0.513. The van der Waals surface area contributed by atoms with Gasteiger partial charge in [0.1, 0.15) is 6.54 Å². The van der Waals surface area contributed by atoms with E-state index in [9.17, 15) is 28.1 Å². The van der Waals surface area contributed by atoms with Crippen LogP contribution in [0, 0.1) is 10.1 Å². The summed E-state index contributed by atoms with van der Waals surface area (Å²) in [4.78, 5) is 36.3. The first kappa shape index (κ1) is 21.6. The van der Waals surface area contributed by atoms with Crippen LogP contribution in [0.2, 0.25) is 0 Å². The second-order valence-electron chi connectivity index (χ2n) is 6.89. The molecule has 2 aromatic rings. The SMILES string of the molecule is CN1CCN(S(=O)(=O)c2ccc(NC(=O)Cn3cc([N+](=O)[O-])ccc3=O)cc2)CC1. The number of carbonyl (C=O) groups excluding carboxylic acids is 1. The van der Waals surface area contributed by atoms with Gasteiger partial charge in [0.2, 0.25) is 15.9 Å². The summed E-state index contributed by atoms with van der Waals surface area (Å²) >= 11 is 0. The van der Waals surface area contributed by atoms with E-state index < -0.39 is 33.0 Å². The molecule has 0 saturated carbocycles. The van der Waals surface area contributed by atoms with Crippen molar-refractivity contribution in [2.45, 2.75) is 11.4 Å². The third-order valence-electron chi connectivity index (χ3n) is 4.73. The monoisotopic (exact) mass is 435 g/mol. The number of amides is 1. The summed E-state index contributed by atoms with van der Waals surface area (Å²) < 4.78 is 27.8. The zero-order valence-electron chi connectivity index (χ0n) is 16.2. The number of rotatable bonds is 6. The first-order valence-corrected chi connectivity index (χ1v) is 10.5. The molecule has 0 bridgehead atoms. The molecule has 1 aliphatic rings. The number of nitrogens with zero attached hydrogens (tertiary/aromatic N) is 4. The van der Waals surface area contributed by atoms with Crippen LogP contribution in [0.3, 0.4) is 0 Å². The predicted octanol–water partition coefficient (Wildman–Crippen LogP) is 0.331. The second-order valence-corrected chi connectivity index (χ2v) is 8.83. The highest BCUT2D eigenvalue weighted by Gasteiger charge is 2.27. The van der Waals surface area contributed by atoms with Crippen molar-refractivity contribution >= 4 is 27.3 Å². The van der Waals surface area contributed by atoms with Crippen molar-refractivity contribution in [2.24, 2.45) is 0 Å². The highest BCUT2D eigenvalue weighted by Crippen LogP contribution is 2.19. The molecule has 1 aliphatic heterocycles. The Hall–Kier alpha value is -3.09. The average Bonchev–Trinajstić information content (AvgIpc) is 2.70. The molecule has 2 heterocycles. The fourth-order valence-corrected chi connectivity index (χ4v) is 4.42. The quantitative estimate of drug-likeness (QED) is 0.510. The second kappa shape index (κ2) is 8.73. The lowest BCUT2D eigenvalue weighted by Crippen LogP contribution is -2.46. The van der Waals surface area contributed by atoms with Gasteiger partial charge in [-0.05, 0) is 31.3 Å². The third kappa shape index (κ3) is 4.90. The van der Waals surface area contributed by atoms with Gasteiger partial charge in [-0.3, -0.25) is 24.3 Å². The number of likely N-dealkylation sites (N-methyl/N-ethyl adjacent to an activating group) is 1. The van der Waals surface area contributed by atoms with Gasteiger partial charge in [0, 0.05) is 44.0 Å². The van der Waals surface area contributed by atoms with Crippen molar-refractivity contribution in [1.29, 1.82) is 0 Å². The van der Waals surface area contributed by atoms with Crippen molar-refractivity contribution in [2.75, 3.05) is 38.5 Å². The number of benzene rings is 1. The fourth-order valence-electron chi connectivity index (χ4n) is 2.99. The lowest BCUT2D eigenvalue weighted by atomic mass is 10.3. The molecule has 1 N–H and O–H groups in total. The molecule has 1 fully saturated rings. The van der Waals surface area contributed by atoms with E-state index in [0.29, 0.717) is 31.9 Å². The van der Waals surface area contributed by atoms with E-state index in [1.54, 1.807) is 0 Å². The summed E-state index contributed by atoms with van der Waals surface area (Å²) in [6, 6.07) is 7.80. The largest absolute Gasteiger partial charge is 0.325 e. The minimum Gasteiger partial charge on any atom is -0.325 e. The number of anilines is 1. The van der Waals surface area contributed by atoms with Gasteiger partial charge in [-0.25, -0.2) is 8.42 Å². The topological polar surface area (TPSA) is 135 Å². The smallest absolute Gasteiger partial charge is 0.285 e. The zero-order chi connectivity index (χ0) is 21.9. The van der Waals surface area contributed by atoms with Crippen LogP contribution < -0.4 is 10.9 Å². The van der Waals surface area contributed by atoms with Crippen LogP contribution in [0.15, 0.2) is 52.3 Å². The minimum atomic E-state index is -3.61. The Morgan fingerprint density at radius 2 is 1.73 bits per heavy atom. The normalized spacial score (nSPS) is 15.6. The number of nitrogens with one attached hydrogen (secondary N) is 1. The predicted molar refractivity (Wildman–Crippen MR) is 109 cm³/mol. The van der Waals surface area contributed by atoms with Crippen LogP contribution in [0.5, 0.6) is 0 Å². The van der Waals surface area contributed by atoms with E-state index in [1.807, 2.05) is 7.05 Å². The molecule has 3 rings (SSSR count). The number of hydrogen-bond donors (Lipinski definition) is 1. The number of carbonyl (C=O) groups is 1. The highest BCUT2D eigenvalue weighted by molar-refractivity contribution is 7.89. The van der Waals surface area contributed by atoms with Crippen LogP contribution in [0.4, 0.5) is 11.4 Å². The standard InChI is InChI=1S/C18H21N5O6S/c1-20-8-10-22(11-9-20)30(28,29)16-5-2-14(3-6-16)19-17(24)13-21-12-15(23(26)27)4-7-18(21)25/h2-7,12H,8-11,13H2,1H3,(H,19,24). The van der Waals surface area contributed by atoms with E-state index >= 15 is 0 Å². The molecular formula is C18H21N5O6S. The van der Waals surface area contributed by atoms with E-state index in [0.717, 1.165) is 22.9 Å². The maximum absolute atomic E-state index is 12.7. The van der Waals surface area contributed by atoms with Gasteiger partial charge >= 0.3 is 0 Å². The number of aromatic nitrogens is 1. The van der Waals surface area contributed by atoms with Crippen molar-refractivity contribution in [3.8, 4) is 0 Å². The highest BCUT2D eigenvalue weighted by atomic mass is 32.2. The Labute approximate surface area is 172 Å². The minimum absolute atomic E-state index is 0.125. The fraction of sp³-hybridized carbons (Fsp3) is 0.333. The number of sulfonamides is 1. The van der Waals surface area contributed by atoms with E-state index in [-0.39, 0.29) is 10.6 Å². The number of pyridine rings is 1. The Kier molecular flexibility index (Phi) is 6.29. The molecule has 11 nitrogen and oxygen atoms in total. The van der Waals surface area contributed by atoms with Crippen LogP contribution in [0.1, 0.15) is 0 Å². The van der Waals surface area contributed by atoms with Gasteiger partial charge in [0.05, 0.1) is 16.0 Å². The van der Waals surface area contributed by atoms with Crippen molar-refractivity contribution in [3.63, 3.8) is 0 Å². The van der Waals surface area contributed by atoms with E-state index in [2.05, 4.69) is 10.2 Å². The molecule has 1 saturated heterocycles. The third-order valence-corrected chi connectivity index (χ3v) is 6.64. The Morgan fingerprint density at radius 3 is 2.33 bits per heavy atom. The molecule has 1 aromatic carbocycles. The van der Waals surface area contributed by atoms with Crippen LogP contribution in [-0.4, -0.2) is 66.2 Å². The summed E-state index contributed by atoms with van der Waals surface area (Å²) in [5.74, 6) is -0.577. The van der Waals surface area contributed by atoms with Crippen molar-refractivity contribution in [1.82, 2.24) is 13.8 Å². The molecule has 160 valence electrons. The zero-order valence-corrected chi connectivity index (χ0v) is 17.0. The van der Waals surface area contributed by atoms with Gasteiger partial charge in [-0.1, -0.05) is 0 Å². The van der Waals surface area contributed by atoms with Gasteiger partial charge < -0.3 is 10.2 Å².